The van der Waals surface area contributed by atoms with Crippen molar-refractivity contribution in [3.05, 3.63) is 39.9 Å². The summed E-state index contributed by atoms with van der Waals surface area (Å²) in [7, 11) is 0. The lowest BCUT2D eigenvalue weighted by Crippen LogP contribution is -2.42. The van der Waals surface area contributed by atoms with E-state index in [1.54, 1.807) is 0 Å². The summed E-state index contributed by atoms with van der Waals surface area (Å²) < 4.78 is 0. The van der Waals surface area contributed by atoms with Gasteiger partial charge in [0.25, 0.3) is 5.69 Å². The number of carboxylic acid groups (broad SMARTS) is 4. The van der Waals surface area contributed by atoms with Crippen LogP contribution < -0.4 is 0 Å². The van der Waals surface area contributed by atoms with Crippen molar-refractivity contribution < 1.29 is 49.6 Å². The van der Waals surface area contributed by atoms with Crippen LogP contribution in [0.25, 0.3) is 0 Å². The van der Waals surface area contributed by atoms with E-state index >= 15 is 0 Å². The van der Waals surface area contributed by atoms with Gasteiger partial charge in [0, 0.05) is 12.1 Å². The molecule has 0 aliphatic rings. The molecule has 5 N–H and O–H groups in total. The highest BCUT2D eigenvalue weighted by Gasteiger charge is 2.40. The quantitative estimate of drug-likeness (QED) is 0.324. The van der Waals surface area contributed by atoms with Crippen molar-refractivity contribution in [3.8, 4) is 0 Å². The van der Waals surface area contributed by atoms with Gasteiger partial charge in [-0.1, -0.05) is 0 Å². The maximum atomic E-state index is 10.3. The van der Waals surface area contributed by atoms with Crippen LogP contribution in [0, 0.1) is 10.1 Å². The first-order valence-corrected chi connectivity index (χ1v) is 6.26. The molecular formula is C13H13NO11. The lowest BCUT2D eigenvalue weighted by atomic mass is 9.96. The minimum absolute atomic E-state index is 0.0422. The highest BCUT2D eigenvalue weighted by Crippen LogP contribution is 2.15. The van der Waals surface area contributed by atoms with E-state index in [9.17, 15) is 29.3 Å². The van der Waals surface area contributed by atoms with E-state index in [-0.39, 0.29) is 11.3 Å². The second-order valence-corrected chi connectivity index (χ2v) is 4.59. The third kappa shape index (κ3) is 7.51. The zero-order valence-electron chi connectivity index (χ0n) is 12.4. The first-order valence-electron chi connectivity index (χ1n) is 6.26. The Morgan fingerprint density at radius 1 is 0.920 bits per heavy atom. The number of benzene rings is 1. The largest absolute Gasteiger partial charge is 0.481 e. The normalized spacial score (nSPS) is 10.1. The molecule has 0 fully saturated rings. The van der Waals surface area contributed by atoms with Crippen molar-refractivity contribution >= 4 is 29.6 Å². The van der Waals surface area contributed by atoms with E-state index in [0.29, 0.717) is 0 Å². The van der Waals surface area contributed by atoms with E-state index in [2.05, 4.69) is 0 Å². The predicted molar refractivity (Wildman–Crippen MR) is 77.1 cm³/mol. The van der Waals surface area contributed by atoms with Crippen LogP contribution in [0.1, 0.15) is 23.2 Å². The fourth-order valence-corrected chi connectivity index (χ4v) is 1.44. The molecule has 1 aromatic carbocycles. The molecule has 0 aromatic heterocycles. The average Bonchev–Trinajstić information content (AvgIpc) is 2.46. The number of nitro benzene ring substituents is 1. The summed E-state index contributed by atoms with van der Waals surface area (Å²) in [4.78, 5) is 50.4. The van der Waals surface area contributed by atoms with E-state index < -0.39 is 47.2 Å². The molecule has 0 unspecified atom stereocenters. The number of aliphatic hydroxyl groups is 1. The Hall–Kier alpha value is -3.54. The van der Waals surface area contributed by atoms with Gasteiger partial charge < -0.3 is 25.5 Å². The number of nitro groups is 1. The second kappa shape index (κ2) is 8.93. The van der Waals surface area contributed by atoms with Gasteiger partial charge in [0.2, 0.25) is 0 Å². The second-order valence-electron chi connectivity index (χ2n) is 4.59. The van der Waals surface area contributed by atoms with E-state index in [0.717, 1.165) is 12.1 Å². The summed E-state index contributed by atoms with van der Waals surface area (Å²) in [5.41, 5.74) is -2.81. The van der Waals surface area contributed by atoms with Crippen molar-refractivity contribution in [3.63, 3.8) is 0 Å². The SMILES string of the molecule is O=C(O)CC(O)(CC(=O)O)C(=O)O.O=C(O)c1ccc([N+](=O)[O-])cc1. The summed E-state index contributed by atoms with van der Waals surface area (Å²) in [6.07, 6.45) is -2.29. The van der Waals surface area contributed by atoms with Gasteiger partial charge in [-0.25, -0.2) is 9.59 Å². The summed E-state index contributed by atoms with van der Waals surface area (Å²) in [5, 5.41) is 52.4. The maximum Gasteiger partial charge on any atom is 0.336 e. The molecule has 0 heterocycles. The molecule has 12 heteroatoms. The molecule has 0 atom stereocenters. The van der Waals surface area contributed by atoms with Crippen molar-refractivity contribution in [2.75, 3.05) is 0 Å². The summed E-state index contributed by atoms with van der Waals surface area (Å²) >= 11 is 0. The van der Waals surface area contributed by atoms with Crippen molar-refractivity contribution in [1.82, 2.24) is 0 Å². The van der Waals surface area contributed by atoms with E-state index in [4.69, 9.17) is 25.5 Å². The summed E-state index contributed by atoms with van der Waals surface area (Å²) in [6.45, 7) is 0. The number of carbonyl (C=O) groups is 4. The van der Waals surface area contributed by atoms with E-state index in [1.165, 1.54) is 12.1 Å². The number of hydrogen-bond acceptors (Lipinski definition) is 7. The van der Waals surface area contributed by atoms with Crippen LogP contribution in [0.2, 0.25) is 0 Å². The average molecular weight is 359 g/mol. The number of aromatic carboxylic acids is 1. The summed E-state index contributed by atoms with van der Waals surface area (Å²) in [5.74, 6) is -6.11. The molecule has 1 rings (SSSR count). The smallest absolute Gasteiger partial charge is 0.336 e. The molecule has 0 aliphatic carbocycles. The Balaban J connectivity index is 0.000000462. The standard InChI is InChI=1S/C7H5NO4.C6H8O7/c9-7(10)5-1-3-6(4-2-5)8(11)12;7-3(8)1-6(13,5(11)12)2-4(9)10/h1-4H,(H,9,10);13H,1-2H2,(H,7,8)(H,9,10)(H,11,12). The molecule has 1 aromatic rings. The van der Waals surface area contributed by atoms with Crippen LogP contribution in [0.4, 0.5) is 5.69 Å². The predicted octanol–water partition coefficient (Wildman–Crippen LogP) is 0.0445. The molecule has 0 aliphatic heterocycles. The molecular weight excluding hydrogens is 346 g/mol. The number of hydrogen-bond donors (Lipinski definition) is 5. The molecule has 0 saturated heterocycles. The molecule has 0 bridgehead atoms. The van der Waals surface area contributed by atoms with Crippen LogP contribution in [0.15, 0.2) is 24.3 Å². The molecule has 0 saturated carbocycles. The highest BCUT2D eigenvalue weighted by molar-refractivity contribution is 5.88. The van der Waals surface area contributed by atoms with Gasteiger partial charge in [-0.2, -0.15) is 0 Å². The van der Waals surface area contributed by atoms with E-state index in [1.807, 2.05) is 0 Å². The first kappa shape index (κ1) is 21.5. The Kier molecular flexibility index (Phi) is 7.66. The number of rotatable bonds is 7. The monoisotopic (exact) mass is 359 g/mol. The van der Waals surface area contributed by atoms with Crippen LogP contribution in [0.5, 0.6) is 0 Å². The van der Waals surface area contributed by atoms with Crippen molar-refractivity contribution in [2.24, 2.45) is 0 Å². The molecule has 0 spiro atoms. The Morgan fingerprint density at radius 3 is 1.56 bits per heavy atom. The van der Waals surface area contributed by atoms with Crippen molar-refractivity contribution in [1.29, 1.82) is 0 Å². The lowest BCUT2D eigenvalue weighted by Gasteiger charge is -2.18. The lowest BCUT2D eigenvalue weighted by molar-refractivity contribution is -0.384. The fraction of sp³-hybridized carbons (Fsp3) is 0.231. The topological polar surface area (TPSA) is 213 Å². The number of carboxylic acids is 4. The molecule has 12 nitrogen and oxygen atoms in total. The molecule has 25 heavy (non-hydrogen) atoms. The Labute approximate surface area is 138 Å². The van der Waals surface area contributed by atoms with Gasteiger partial charge in [0.15, 0.2) is 5.60 Å². The number of non-ortho nitro benzene ring substituents is 1. The minimum Gasteiger partial charge on any atom is -0.481 e. The fourth-order valence-electron chi connectivity index (χ4n) is 1.44. The zero-order valence-corrected chi connectivity index (χ0v) is 12.4. The van der Waals surface area contributed by atoms with Crippen molar-refractivity contribution in [2.45, 2.75) is 18.4 Å². The van der Waals surface area contributed by atoms with Gasteiger partial charge >= 0.3 is 23.9 Å². The van der Waals surface area contributed by atoms with Gasteiger partial charge in [0.1, 0.15) is 0 Å². The highest BCUT2D eigenvalue weighted by atomic mass is 16.6. The van der Waals surface area contributed by atoms with Crippen LogP contribution in [-0.2, 0) is 14.4 Å². The third-order valence-corrected chi connectivity index (χ3v) is 2.61. The van der Waals surface area contributed by atoms with Gasteiger partial charge in [-0.05, 0) is 12.1 Å². The van der Waals surface area contributed by atoms with Crippen LogP contribution >= 0.6 is 0 Å². The van der Waals surface area contributed by atoms with Gasteiger partial charge in [-0.3, -0.25) is 19.7 Å². The Bertz CT molecular complexity index is 631. The molecule has 0 radical (unpaired) electrons. The zero-order chi connectivity index (χ0) is 19.8. The Morgan fingerprint density at radius 2 is 1.32 bits per heavy atom. The number of aliphatic carboxylic acids is 3. The maximum absolute atomic E-state index is 10.3. The molecule has 136 valence electrons. The number of nitrogens with zero attached hydrogens (tertiary/aromatic N) is 1. The van der Waals surface area contributed by atoms with Crippen LogP contribution in [0.3, 0.4) is 0 Å². The summed E-state index contributed by atoms with van der Waals surface area (Å²) in [6, 6.07) is 4.70. The van der Waals surface area contributed by atoms with Gasteiger partial charge in [-0.15, -0.1) is 0 Å². The first-order chi connectivity index (χ1) is 11.4. The minimum atomic E-state index is -2.74. The van der Waals surface area contributed by atoms with Gasteiger partial charge in [0.05, 0.1) is 23.3 Å². The molecule has 0 amide bonds. The van der Waals surface area contributed by atoms with Crippen LogP contribution in [-0.4, -0.2) is 59.9 Å². The third-order valence-electron chi connectivity index (χ3n) is 2.61.